The highest BCUT2D eigenvalue weighted by molar-refractivity contribution is 7.80. The molecule has 0 fully saturated rings. The van der Waals surface area contributed by atoms with Gasteiger partial charge in [-0.3, -0.25) is 4.79 Å². The number of benzene rings is 1. The molecule has 0 radical (unpaired) electrons. The van der Waals surface area contributed by atoms with E-state index in [4.69, 9.17) is 22.7 Å². The molecule has 1 aliphatic rings. The number of hydrogen-bond acceptors (Lipinski definition) is 5. The Bertz CT molecular complexity index is 733. The fourth-order valence-electron chi connectivity index (χ4n) is 2.06. The molecule has 6 nitrogen and oxygen atoms in total. The van der Waals surface area contributed by atoms with E-state index in [9.17, 15) is 4.79 Å². The Morgan fingerprint density at radius 1 is 1.33 bits per heavy atom. The second kappa shape index (κ2) is 5.45. The van der Waals surface area contributed by atoms with Crippen LogP contribution >= 0.6 is 12.2 Å². The van der Waals surface area contributed by atoms with E-state index < -0.39 is 0 Å². The van der Waals surface area contributed by atoms with Crippen LogP contribution in [0.1, 0.15) is 17.7 Å². The molecule has 3 rings (SSSR count). The zero-order chi connectivity index (χ0) is 14.8. The van der Waals surface area contributed by atoms with E-state index in [0.29, 0.717) is 24.3 Å². The normalized spacial score (nSPS) is 13.2. The van der Waals surface area contributed by atoms with Crippen LogP contribution < -0.4 is 15.8 Å². The Hall–Kier alpha value is -2.54. The number of amides is 1. The van der Waals surface area contributed by atoms with Crippen molar-refractivity contribution in [3.05, 3.63) is 41.7 Å². The van der Waals surface area contributed by atoms with E-state index in [0.717, 1.165) is 11.3 Å². The van der Waals surface area contributed by atoms with Gasteiger partial charge in [-0.1, -0.05) is 12.2 Å². The molecule has 21 heavy (non-hydrogen) atoms. The lowest BCUT2D eigenvalue weighted by atomic mass is 10.0. The molecule has 0 aliphatic carbocycles. The number of carbonyl (C=O) groups is 1. The molecule has 0 saturated carbocycles. The lowest BCUT2D eigenvalue weighted by Gasteiger charge is -2.17. The van der Waals surface area contributed by atoms with E-state index >= 15 is 0 Å². The largest absolute Gasteiger partial charge is 0.424 e. The van der Waals surface area contributed by atoms with Crippen LogP contribution in [0.15, 0.2) is 30.5 Å². The first-order valence-electron chi connectivity index (χ1n) is 6.35. The van der Waals surface area contributed by atoms with Gasteiger partial charge in [0.15, 0.2) is 0 Å². The van der Waals surface area contributed by atoms with Crippen molar-refractivity contribution in [3.63, 3.8) is 0 Å². The number of nitrogens with two attached hydrogens (primary N) is 1. The first-order chi connectivity index (χ1) is 10.1. The highest BCUT2D eigenvalue weighted by Gasteiger charge is 2.15. The van der Waals surface area contributed by atoms with Crippen LogP contribution in [0.25, 0.3) is 0 Å². The molecule has 3 N–H and O–H groups in total. The zero-order valence-electron chi connectivity index (χ0n) is 11.0. The minimum atomic E-state index is 0.0312. The summed E-state index contributed by atoms with van der Waals surface area (Å²) in [6, 6.07) is 7.23. The molecule has 7 heteroatoms. The van der Waals surface area contributed by atoms with E-state index in [2.05, 4.69) is 15.3 Å². The Kier molecular flexibility index (Phi) is 3.49. The summed E-state index contributed by atoms with van der Waals surface area (Å²) in [7, 11) is 0. The third-order valence-corrected chi connectivity index (χ3v) is 3.28. The summed E-state index contributed by atoms with van der Waals surface area (Å²) in [6.45, 7) is 0. The molecule has 0 bridgehead atoms. The monoisotopic (exact) mass is 300 g/mol. The van der Waals surface area contributed by atoms with Gasteiger partial charge in [-0.2, -0.15) is 4.98 Å². The predicted octanol–water partition coefficient (Wildman–Crippen LogP) is 1.79. The number of hydrogen-bond donors (Lipinski definition) is 2. The maximum absolute atomic E-state index is 11.3. The molecule has 2 heterocycles. The number of fused-ring (bicyclic) bond motifs is 1. The van der Waals surface area contributed by atoms with Crippen molar-refractivity contribution in [1.82, 2.24) is 9.97 Å². The maximum atomic E-state index is 11.3. The lowest BCUT2D eigenvalue weighted by Crippen LogP contribution is -2.18. The molecule has 106 valence electrons. The third-order valence-electron chi connectivity index (χ3n) is 3.07. The standard InChI is InChI=1S/C14H12N4O2S/c15-13(21)11-5-6-16-14(18-11)20-9-2-3-10-8(7-9)1-4-12(19)17-10/h2-3,5-7H,1,4H2,(H2,15,21)(H,17,19). The molecule has 1 aliphatic heterocycles. The lowest BCUT2D eigenvalue weighted by molar-refractivity contribution is -0.116. The van der Waals surface area contributed by atoms with Crippen LogP contribution in [0.4, 0.5) is 5.69 Å². The van der Waals surface area contributed by atoms with E-state index in [1.807, 2.05) is 6.07 Å². The number of nitrogens with zero attached hydrogens (tertiary/aromatic N) is 2. The summed E-state index contributed by atoms with van der Waals surface area (Å²) in [5.74, 6) is 0.633. The molecule has 0 unspecified atom stereocenters. The summed E-state index contributed by atoms with van der Waals surface area (Å²) in [5, 5.41) is 2.82. The van der Waals surface area contributed by atoms with Gasteiger partial charge < -0.3 is 15.8 Å². The molecule has 1 amide bonds. The van der Waals surface area contributed by atoms with Gasteiger partial charge in [0, 0.05) is 18.3 Å². The van der Waals surface area contributed by atoms with Crippen LogP contribution in [-0.2, 0) is 11.2 Å². The summed E-state index contributed by atoms with van der Waals surface area (Å²) in [6.07, 6.45) is 2.70. The fourth-order valence-corrected chi connectivity index (χ4v) is 2.17. The maximum Gasteiger partial charge on any atom is 0.322 e. The number of aryl methyl sites for hydroxylation is 1. The van der Waals surface area contributed by atoms with Gasteiger partial charge in [-0.05, 0) is 36.2 Å². The van der Waals surface area contributed by atoms with Crippen LogP contribution in [-0.4, -0.2) is 20.9 Å². The number of nitrogens with one attached hydrogen (secondary N) is 1. The van der Waals surface area contributed by atoms with Gasteiger partial charge in [-0.15, -0.1) is 0 Å². The van der Waals surface area contributed by atoms with Crippen molar-refractivity contribution in [2.45, 2.75) is 12.8 Å². The van der Waals surface area contributed by atoms with Crippen LogP contribution in [0, 0.1) is 0 Å². The molecule has 0 spiro atoms. The minimum absolute atomic E-state index is 0.0312. The van der Waals surface area contributed by atoms with Crippen molar-refractivity contribution < 1.29 is 9.53 Å². The van der Waals surface area contributed by atoms with Crippen LogP contribution in [0.2, 0.25) is 0 Å². The van der Waals surface area contributed by atoms with Gasteiger partial charge in [0.05, 0.1) is 0 Å². The van der Waals surface area contributed by atoms with Crippen molar-refractivity contribution in [1.29, 1.82) is 0 Å². The number of aromatic nitrogens is 2. The number of ether oxygens (including phenoxy) is 1. The van der Waals surface area contributed by atoms with Crippen LogP contribution in [0.5, 0.6) is 11.8 Å². The summed E-state index contributed by atoms with van der Waals surface area (Å²) in [5.41, 5.74) is 7.83. The van der Waals surface area contributed by atoms with Gasteiger partial charge in [0.2, 0.25) is 5.91 Å². The zero-order valence-corrected chi connectivity index (χ0v) is 11.8. The van der Waals surface area contributed by atoms with Gasteiger partial charge >= 0.3 is 6.01 Å². The molecule has 0 saturated heterocycles. The average molecular weight is 300 g/mol. The Balaban J connectivity index is 1.84. The van der Waals surface area contributed by atoms with Gasteiger partial charge in [0.1, 0.15) is 16.4 Å². The Morgan fingerprint density at radius 3 is 3.00 bits per heavy atom. The van der Waals surface area contributed by atoms with Crippen molar-refractivity contribution in [2.75, 3.05) is 5.32 Å². The molecule has 1 aromatic heterocycles. The third kappa shape index (κ3) is 2.97. The van der Waals surface area contributed by atoms with Crippen molar-refractivity contribution >= 4 is 28.8 Å². The quantitative estimate of drug-likeness (QED) is 0.840. The Morgan fingerprint density at radius 2 is 2.19 bits per heavy atom. The Labute approximate surface area is 126 Å². The van der Waals surface area contributed by atoms with E-state index in [-0.39, 0.29) is 16.9 Å². The topological polar surface area (TPSA) is 90.1 Å². The smallest absolute Gasteiger partial charge is 0.322 e. The fraction of sp³-hybridized carbons (Fsp3) is 0.143. The number of anilines is 1. The first-order valence-corrected chi connectivity index (χ1v) is 6.76. The van der Waals surface area contributed by atoms with Gasteiger partial charge in [-0.25, -0.2) is 4.98 Å². The summed E-state index contributed by atoms with van der Waals surface area (Å²) >= 11 is 4.87. The van der Waals surface area contributed by atoms with Crippen molar-refractivity contribution in [3.8, 4) is 11.8 Å². The highest BCUT2D eigenvalue weighted by Crippen LogP contribution is 2.28. The molecular formula is C14H12N4O2S. The molecule has 2 aromatic rings. The number of thiocarbonyl (C=S) groups is 1. The second-order valence-corrected chi connectivity index (χ2v) is 5.00. The molecule has 1 aromatic carbocycles. The first kappa shape index (κ1) is 13.4. The van der Waals surface area contributed by atoms with E-state index in [1.165, 1.54) is 6.20 Å². The highest BCUT2D eigenvalue weighted by atomic mass is 32.1. The number of rotatable bonds is 3. The predicted molar refractivity (Wildman–Crippen MR) is 81.4 cm³/mol. The summed E-state index contributed by atoms with van der Waals surface area (Å²) < 4.78 is 5.61. The number of carbonyl (C=O) groups excluding carboxylic acids is 1. The SMILES string of the molecule is NC(=S)c1ccnc(Oc2ccc3c(c2)CCC(=O)N3)n1. The second-order valence-electron chi connectivity index (χ2n) is 4.56. The van der Waals surface area contributed by atoms with Crippen LogP contribution in [0.3, 0.4) is 0 Å². The summed E-state index contributed by atoms with van der Waals surface area (Å²) in [4.78, 5) is 19.7. The van der Waals surface area contributed by atoms with Crippen molar-refractivity contribution in [2.24, 2.45) is 5.73 Å². The average Bonchev–Trinajstić information content (AvgIpc) is 2.48. The van der Waals surface area contributed by atoms with Gasteiger partial charge in [0.25, 0.3) is 0 Å². The molecule has 0 atom stereocenters. The molecular weight excluding hydrogens is 288 g/mol. The van der Waals surface area contributed by atoms with E-state index in [1.54, 1.807) is 18.2 Å². The minimum Gasteiger partial charge on any atom is -0.424 e.